The predicted octanol–water partition coefficient (Wildman–Crippen LogP) is 16.8. The van der Waals surface area contributed by atoms with Gasteiger partial charge in [-0.2, -0.15) is 0 Å². The van der Waals surface area contributed by atoms with E-state index in [1.54, 1.807) is 16.7 Å². The third-order valence-electron chi connectivity index (χ3n) is 16.5. The van der Waals surface area contributed by atoms with E-state index in [0.717, 1.165) is 17.8 Å². The van der Waals surface area contributed by atoms with E-state index in [2.05, 4.69) is 202 Å². The molecule has 62 heavy (non-hydrogen) atoms. The molecule has 1 heterocycles. The van der Waals surface area contributed by atoms with Crippen LogP contribution in [0.1, 0.15) is 74.6 Å². The van der Waals surface area contributed by atoms with Gasteiger partial charge in [0.25, 0.3) is 0 Å². The SMILES string of the molecule is C[C@@H]1C[C@H]2C[C@H]3CC1CC21c2cc(N(c4ccc(-c5ccccc5-c5cccc6sc7ccccc7c56)cc4)c4cccc5ccccc45)ccc2C(C)(C)c2ccccc2C31. The molecule has 302 valence electrons. The van der Waals surface area contributed by atoms with Gasteiger partial charge in [-0.25, -0.2) is 0 Å². The summed E-state index contributed by atoms with van der Waals surface area (Å²) in [5.41, 5.74) is 15.1. The summed E-state index contributed by atoms with van der Waals surface area (Å²) in [6, 6.07) is 67.2. The lowest BCUT2D eigenvalue weighted by Crippen LogP contribution is -2.47. The van der Waals surface area contributed by atoms with E-state index < -0.39 is 0 Å². The maximum atomic E-state index is 2.69. The van der Waals surface area contributed by atoms with E-state index >= 15 is 0 Å². The summed E-state index contributed by atoms with van der Waals surface area (Å²) in [5.74, 6) is 3.65. The van der Waals surface area contributed by atoms with Crippen LogP contribution in [-0.2, 0) is 10.8 Å². The van der Waals surface area contributed by atoms with Crippen LogP contribution in [0.25, 0.3) is 53.2 Å². The van der Waals surface area contributed by atoms with Gasteiger partial charge >= 0.3 is 0 Å². The second-order valence-corrected chi connectivity index (χ2v) is 20.9. The summed E-state index contributed by atoms with van der Waals surface area (Å²) in [6.07, 6.45) is 5.44. The molecular weight excluding hydrogens is 767 g/mol. The van der Waals surface area contributed by atoms with Crippen LogP contribution < -0.4 is 4.90 Å². The third kappa shape index (κ3) is 5.14. The van der Waals surface area contributed by atoms with Crippen molar-refractivity contribution in [3.05, 3.63) is 198 Å². The summed E-state index contributed by atoms with van der Waals surface area (Å²) in [6.45, 7) is 7.58. The van der Waals surface area contributed by atoms with Gasteiger partial charge in [0, 0.05) is 47.8 Å². The summed E-state index contributed by atoms with van der Waals surface area (Å²) >= 11 is 1.89. The van der Waals surface area contributed by atoms with Crippen molar-refractivity contribution >= 4 is 59.3 Å². The smallest absolute Gasteiger partial charge is 0.0540 e. The van der Waals surface area contributed by atoms with E-state index in [1.807, 2.05) is 11.3 Å². The van der Waals surface area contributed by atoms with Gasteiger partial charge < -0.3 is 4.90 Å². The number of hydrogen-bond acceptors (Lipinski definition) is 2. The predicted molar refractivity (Wildman–Crippen MR) is 263 cm³/mol. The van der Waals surface area contributed by atoms with Crippen LogP contribution in [0.15, 0.2) is 176 Å². The summed E-state index contributed by atoms with van der Waals surface area (Å²) in [7, 11) is 0. The lowest BCUT2D eigenvalue weighted by atomic mass is 9.50. The molecule has 3 bridgehead atoms. The minimum atomic E-state index is -0.0967. The van der Waals surface area contributed by atoms with Crippen LogP contribution in [-0.4, -0.2) is 0 Å². The molecule has 4 aliphatic rings. The topological polar surface area (TPSA) is 3.24 Å². The quantitative estimate of drug-likeness (QED) is 0.167. The first-order valence-corrected chi connectivity index (χ1v) is 23.8. The average Bonchev–Trinajstić information content (AvgIpc) is 3.71. The van der Waals surface area contributed by atoms with Crippen molar-refractivity contribution in [2.24, 2.45) is 23.7 Å². The second-order valence-electron chi connectivity index (χ2n) is 19.8. The molecule has 9 aromatic rings. The largest absolute Gasteiger partial charge is 0.310 e. The molecule has 3 saturated carbocycles. The standard InChI is InChI=1S/C60H51NS/c1-37-32-42-34-40-33-41(37)36-60(42)53-35-44(30-31-52(53)59(2,3)51-22-10-8-19-49(51)58(40)60)61(54-23-12-15-38-14-4-5-17-46(38)54)43-28-26-39(27-29-43)45-16-6-7-18-47(45)48-21-13-25-56-57(48)50-20-9-11-24-55(50)62-56/h4-31,35,37,40-42,58H,32-34,36H2,1-3H3/t37-,40-,41?,42+,58?,60?/m1/s1. The zero-order valence-electron chi connectivity index (χ0n) is 35.8. The molecule has 0 aliphatic heterocycles. The zero-order chi connectivity index (χ0) is 41.3. The molecule has 1 nitrogen and oxygen atoms in total. The molecule has 1 spiro atoms. The van der Waals surface area contributed by atoms with E-state index in [4.69, 9.17) is 0 Å². The van der Waals surface area contributed by atoms with Gasteiger partial charge in [-0.3, -0.25) is 0 Å². The van der Waals surface area contributed by atoms with E-state index in [-0.39, 0.29) is 10.8 Å². The Morgan fingerprint density at radius 2 is 1.23 bits per heavy atom. The highest BCUT2D eigenvalue weighted by Gasteiger charge is 2.65. The van der Waals surface area contributed by atoms with Crippen molar-refractivity contribution in [3.8, 4) is 22.3 Å². The molecule has 3 fully saturated rings. The van der Waals surface area contributed by atoms with E-state index in [1.165, 1.54) is 102 Å². The van der Waals surface area contributed by atoms with Gasteiger partial charge in [0.2, 0.25) is 0 Å². The number of anilines is 3. The molecule has 0 N–H and O–H groups in total. The Morgan fingerprint density at radius 3 is 2.11 bits per heavy atom. The van der Waals surface area contributed by atoms with Crippen molar-refractivity contribution in [1.29, 1.82) is 0 Å². The van der Waals surface area contributed by atoms with Gasteiger partial charge in [-0.05, 0) is 148 Å². The van der Waals surface area contributed by atoms with Crippen molar-refractivity contribution < 1.29 is 0 Å². The first kappa shape index (κ1) is 36.7. The number of thiophene rings is 1. The fourth-order valence-electron chi connectivity index (χ4n) is 13.9. The monoisotopic (exact) mass is 817 g/mol. The van der Waals surface area contributed by atoms with Crippen LogP contribution in [0.5, 0.6) is 0 Å². The van der Waals surface area contributed by atoms with Gasteiger partial charge in [-0.15, -0.1) is 11.3 Å². The highest BCUT2D eigenvalue weighted by atomic mass is 32.1. The normalized spacial score (nSPS) is 24.1. The Hall–Kier alpha value is -5.96. The summed E-state index contributed by atoms with van der Waals surface area (Å²) in [5, 5.41) is 5.22. The highest BCUT2D eigenvalue weighted by Crippen LogP contribution is 2.73. The molecule has 1 aromatic heterocycles. The minimum Gasteiger partial charge on any atom is -0.310 e. The lowest BCUT2D eigenvalue weighted by molar-refractivity contribution is 0.0678. The molecule has 0 amide bonds. The van der Waals surface area contributed by atoms with Crippen LogP contribution in [0.2, 0.25) is 0 Å². The van der Waals surface area contributed by atoms with Crippen LogP contribution in [0.4, 0.5) is 17.1 Å². The molecule has 13 rings (SSSR count). The fraction of sp³-hybridized carbons (Fsp3) is 0.233. The van der Waals surface area contributed by atoms with E-state index in [0.29, 0.717) is 11.8 Å². The fourth-order valence-corrected chi connectivity index (χ4v) is 15.0. The molecule has 6 atom stereocenters. The van der Waals surface area contributed by atoms with Gasteiger partial charge in [0.05, 0.1) is 5.69 Å². The Morgan fingerprint density at radius 1 is 0.532 bits per heavy atom. The maximum Gasteiger partial charge on any atom is 0.0540 e. The Labute approximate surface area is 369 Å². The molecule has 8 aromatic carbocycles. The summed E-state index contributed by atoms with van der Waals surface area (Å²) < 4.78 is 2.67. The van der Waals surface area contributed by atoms with Gasteiger partial charge in [-0.1, -0.05) is 154 Å². The number of fused-ring (bicyclic) bond motifs is 7. The van der Waals surface area contributed by atoms with Crippen molar-refractivity contribution in [2.75, 3.05) is 4.90 Å². The molecule has 3 unspecified atom stereocenters. The highest BCUT2D eigenvalue weighted by molar-refractivity contribution is 7.25. The lowest BCUT2D eigenvalue weighted by Gasteiger charge is -2.53. The first-order chi connectivity index (χ1) is 30.4. The molecular formula is C60H51NS. The number of rotatable bonds is 5. The van der Waals surface area contributed by atoms with E-state index in [9.17, 15) is 0 Å². The Bertz CT molecular complexity index is 3240. The van der Waals surface area contributed by atoms with Crippen LogP contribution >= 0.6 is 11.3 Å². The number of benzene rings is 8. The van der Waals surface area contributed by atoms with Crippen LogP contribution in [0.3, 0.4) is 0 Å². The van der Waals surface area contributed by atoms with Crippen molar-refractivity contribution in [1.82, 2.24) is 0 Å². The second kappa shape index (κ2) is 13.5. The van der Waals surface area contributed by atoms with Gasteiger partial charge in [0.1, 0.15) is 0 Å². The van der Waals surface area contributed by atoms with Crippen LogP contribution in [0, 0.1) is 23.7 Å². The maximum absolute atomic E-state index is 2.69. The zero-order valence-corrected chi connectivity index (χ0v) is 36.6. The van der Waals surface area contributed by atoms with Gasteiger partial charge in [0.15, 0.2) is 0 Å². The molecule has 4 aliphatic carbocycles. The molecule has 0 saturated heterocycles. The number of hydrogen-bond donors (Lipinski definition) is 0. The molecule has 2 heteroatoms. The number of nitrogens with zero attached hydrogens (tertiary/aromatic N) is 1. The third-order valence-corrected chi connectivity index (χ3v) is 17.6. The van der Waals surface area contributed by atoms with Crippen molar-refractivity contribution in [2.45, 2.75) is 63.2 Å². The molecule has 0 radical (unpaired) electrons. The Balaban J connectivity index is 0.995. The van der Waals surface area contributed by atoms with Crippen molar-refractivity contribution in [3.63, 3.8) is 0 Å². The summed E-state index contributed by atoms with van der Waals surface area (Å²) in [4.78, 5) is 2.57. The first-order valence-electron chi connectivity index (χ1n) is 23.0. The Kier molecular flexibility index (Phi) is 8.00. The minimum absolute atomic E-state index is 0.0967. The average molecular weight is 818 g/mol.